The highest BCUT2D eigenvalue weighted by molar-refractivity contribution is 5.91. The molecule has 1 aromatic carbocycles. The Hall–Kier alpha value is -2.55. The number of benzene rings is 1. The number of fused-ring (bicyclic) bond motifs is 3. The Labute approximate surface area is 223 Å². The number of carbonyl (C=O) groups excluding carboxylic acids is 3. The molecule has 0 radical (unpaired) electrons. The van der Waals surface area contributed by atoms with Crippen molar-refractivity contribution in [2.24, 2.45) is 29.1 Å². The van der Waals surface area contributed by atoms with Gasteiger partial charge >= 0.3 is 5.97 Å². The molecule has 0 unspecified atom stereocenters. The Morgan fingerprint density at radius 1 is 1.16 bits per heavy atom. The van der Waals surface area contributed by atoms with E-state index in [4.69, 9.17) is 14.2 Å². The molecule has 1 saturated carbocycles. The van der Waals surface area contributed by atoms with E-state index in [1.54, 1.807) is 6.92 Å². The monoisotopic (exact) mass is 523 g/mol. The number of ether oxygens (including phenoxy) is 3. The molecular weight excluding hydrogens is 486 g/mol. The molecule has 38 heavy (non-hydrogen) atoms. The number of aliphatic hydroxyl groups is 1. The summed E-state index contributed by atoms with van der Waals surface area (Å²) in [6.07, 6.45) is 2.06. The number of epoxide rings is 2. The maximum absolute atomic E-state index is 14.4. The van der Waals surface area contributed by atoms with Gasteiger partial charge in [0.05, 0.1) is 11.7 Å². The third kappa shape index (κ3) is 3.49. The van der Waals surface area contributed by atoms with Gasteiger partial charge in [0.15, 0.2) is 5.78 Å². The van der Waals surface area contributed by atoms with Crippen LogP contribution in [-0.4, -0.2) is 64.4 Å². The lowest BCUT2D eigenvalue weighted by molar-refractivity contribution is -0.171. The molecule has 4 fully saturated rings. The Morgan fingerprint density at radius 2 is 1.87 bits per heavy atom. The van der Waals surface area contributed by atoms with Crippen LogP contribution in [0.2, 0.25) is 0 Å². The largest absolute Gasteiger partial charge is 0.458 e. The second kappa shape index (κ2) is 8.47. The summed E-state index contributed by atoms with van der Waals surface area (Å²) in [4.78, 5) is 40.2. The van der Waals surface area contributed by atoms with E-state index in [-0.39, 0.29) is 35.7 Å². The summed E-state index contributed by atoms with van der Waals surface area (Å²) in [6, 6.07) is 9.80. The van der Waals surface area contributed by atoms with Gasteiger partial charge in [-0.3, -0.25) is 14.4 Å². The number of carbonyl (C=O) groups is 3. The van der Waals surface area contributed by atoms with Crippen molar-refractivity contribution < 1.29 is 33.7 Å². The number of Topliss-reactive ketones (excluding diaryl/α,β-unsaturated/α-hetero) is 1. The van der Waals surface area contributed by atoms with Crippen LogP contribution in [0.4, 0.5) is 0 Å². The molecule has 3 saturated heterocycles. The molecule has 5 aliphatic rings. The lowest BCUT2D eigenvalue weighted by Gasteiger charge is -2.49. The lowest BCUT2D eigenvalue weighted by Crippen LogP contribution is -2.62. The van der Waals surface area contributed by atoms with Crippen molar-refractivity contribution in [1.82, 2.24) is 5.32 Å². The molecule has 1 aromatic rings. The molecule has 6 rings (SSSR count). The SMILES string of the molecule is CC(=O)O[C@@H]1[C@@H]2O[C@H]2[C@@](C)(O)C(=O)[C@@H](C)CC=C[C@H]2[C@@H]3O[C@]3(C)[C@@H](C)[C@H]3[C@H](Cc4ccccc4)NC(=O)[C@@]312. The van der Waals surface area contributed by atoms with Crippen LogP contribution in [0.5, 0.6) is 0 Å². The predicted octanol–water partition coefficient (Wildman–Crippen LogP) is 2.37. The van der Waals surface area contributed by atoms with Gasteiger partial charge in [0.1, 0.15) is 29.3 Å². The van der Waals surface area contributed by atoms with E-state index in [0.717, 1.165) is 5.56 Å². The van der Waals surface area contributed by atoms with Crippen molar-refractivity contribution in [3.63, 3.8) is 0 Å². The third-order valence-corrected chi connectivity index (χ3v) is 10.1. The number of esters is 1. The minimum atomic E-state index is -1.77. The van der Waals surface area contributed by atoms with E-state index in [1.807, 2.05) is 42.5 Å². The summed E-state index contributed by atoms with van der Waals surface area (Å²) in [7, 11) is 0. The zero-order valence-electron chi connectivity index (χ0n) is 22.5. The highest BCUT2D eigenvalue weighted by Gasteiger charge is 2.81. The Morgan fingerprint density at radius 3 is 2.55 bits per heavy atom. The number of hydrogen-bond acceptors (Lipinski definition) is 7. The molecule has 0 bridgehead atoms. The summed E-state index contributed by atoms with van der Waals surface area (Å²) < 4.78 is 18.4. The van der Waals surface area contributed by atoms with Crippen molar-refractivity contribution in [3.05, 3.63) is 48.0 Å². The summed E-state index contributed by atoms with van der Waals surface area (Å²) >= 11 is 0. The highest BCUT2D eigenvalue weighted by atomic mass is 16.6. The molecule has 1 spiro atoms. The van der Waals surface area contributed by atoms with E-state index >= 15 is 0 Å². The zero-order valence-corrected chi connectivity index (χ0v) is 22.5. The summed E-state index contributed by atoms with van der Waals surface area (Å²) in [5.74, 6) is -2.18. The normalized spacial score (nSPS) is 48.9. The highest BCUT2D eigenvalue weighted by Crippen LogP contribution is 2.68. The van der Waals surface area contributed by atoms with Crippen molar-refractivity contribution in [2.75, 3.05) is 0 Å². The number of allylic oxidation sites excluding steroid dienone is 1. The molecule has 3 heterocycles. The number of amides is 1. The molecule has 12 atom stereocenters. The number of rotatable bonds is 3. The topological polar surface area (TPSA) is 118 Å². The zero-order chi connectivity index (χ0) is 27.2. The molecule has 204 valence electrons. The molecular formula is C30H37NO7. The van der Waals surface area contributed by atoms with Crippen molar-refractivity contribution in [2.45, 2.75) is 89.1 Å². The molecule has 2 aliphatic carbocycles. The minimum absolute atomic E-state index is 0.0359. The average molecular weight is 524 g/mol. The summed E-state index contributed by atoms with van der Waals surface area (Å²) in [5.41, 5.74) is -2.29. The first-order valence-corrected chi connectivity index (χ1v) is 13.7. The molecule has 8 nitrogen and oxygen atoms in total. The Bertz CT molecular complexity index is 1200. The second-order valence-electron chi connectivity index (χ2n) is 12.4. The van der Waals surface area contributed by atoms with Crippen LogP contribution in [0.1, 0.15) is 46.6 Å². The second-order valence-corrected chi connectivity index (χ2v) is 12.4. The predicted molar refractivity (Wildman–Crippen MR) is 137 cm³/mol. The maximum Gasteiger partial charge on any atom is 0.303 e. The Kier molecular flexibility index (Phi) is 5.73. The van der Waals surface area contributed by atoms with Crippen LogP contribution in [0.25, 0.3) is 0 Å². The van der Waals surface area contributed by atoms with Gasteiger partial charge in [-0.05, 0) is 38.2 Å². The fourth-order valence-electron chi connectivity index (χ4n) is 8.06. The first-order valence-electron chi connectivity index (χ1n) is 13.7. The fraction of sp³-hybridized carbons (Fsp3) is 0.633. The van der Waals surface area contributed by atoms with E-state index in [1.165, 1.54) is 13.8 Å². The molecule has 2 N–H and O–H groups in total. The molecule has 0 aromatic heterocycles. The van der Waals surface area contributed by atoms with Gasteiger partial charge in [-0.2, -0.15) is 0 Å². The van der Waals surface area contributed by atoms with Gasteiger partial charge in [-0.25, -0.2) is 0 Å². The van der Waals surface area contributed by atoms with Crippen molar-refractivity contribution >= 4 is 17.7 Å². The van der Waals surface area contributed by atoms with Crippen LogP contribution in [0, 0.1) is 29.1 Å². The minimum Gasteiger partial charge on any atom is -0.458 e. The van der Waals surface area contributed by atoms with Gasteiger partial charge in [0, 0.05) is 30.7 Å². The fourth-order valence-corrected chi connectivity index (χ4v) is 8.06. The molecule has 8 heteroatoms. The van der Waals surface area contributed by atoms with Crippen LogP contribution in [0.3, 0.4) is 0 Å². The lowest BCUT2D eigenvalue weighted by atomic mass is 9.50. The number of ketones is 1. The van der Waals surface area contributed by atoms with Gasteiger partial charge in [0.2, 0.25) is 5.91 Å². The van der Waals surface area contributed by atoms with Crippen molar-refractivity contribution in [1.29, 1.82) is 0 Å². The molecule has 1 amide bonds. The van der Waals surface area contributed by atoms with Crippen LogP contribution in [0.15, 0.2) is 42.5 Å². The summed E-state index contributed by atoms with van der Waals surface area (Å²) in [6.45, 7) is 8.79. The quantitative estimate of drug-likeness (QED) is 0.355. The van der Waals surface area contributed by atoms with Crippen LogP contribution < -0.4 is 5.32 Å². The number of hydrogen-bond donors (Lipinski definition) is 2. The van der Waals surface area contributed by atoms with E-state index in [9.17, 15) is 19.5 Å². The van der Waals surface area contributed by atoms with E-state index < -0.39 is 52.7 Å². The standard InChI is InChI=1S/C30H37NO7/c1-15-10-9-13-19-24-29(5,38-24)16(2)21-20(14-18-11-7-6-8-12-18)31-27(34)30(19,21)26(36-17(3)32)22-25(37-22)28(4,35)23(15)33/h6-9,11-13,15-16,19-22,24-26,35H,10,14H2,1-5H3,(H,31,34)/t15-,16-,19-,20-,21-,22+,24-,25+,26+,28-,29+,30-/m0/s1. The smallest absolute Gasteiger partial charge is 0.303 e. The Balaban J connectivity index is 1.52. The van der Waals surface area contributed by atoms with Gasteiger partial charge in [-0.15, -0.1) is 0 Å². The van der Waals surface area contributed by atoms with Crippen LogP contribution >= 0.6 is 0 Å². The van der Waals surface area contributed by atoms with Crippen molar-refractivity contribution in [3.8, 4) is 0 Å². The van der Waals surface area contributed by atoms with Crippen LogP contribution in [-0.2, 0) is 35.0 Å². The van der Waals surface area contributed by atoms with E-state index in [0.29, 0.717) is 12.8 Å². The average Bonchev–Trinajstić information content (AvgIpc) is 3.77. The van der Waals surface area contributed by atoms with E-state index in [2.05, 4.69) is 19.2 Å². The molecule has 3 aliphatic heterocycles. The number of nitrogens with one attached hydrogen (secondary N) is 1. The van der Waals surface area contributed by atoms with Gasteiger partial charge in [0.25, 0.3) is 0 Å². The maximum atomic E-state index is 14.4. The summed E-state index contributed by atoms with van der Waals surface area (Å²) in [5, 5.41) is 14.6. The third-order valence-electron chi connectivity index (χ3n) is 10.1. The first kappa shape index (κ1) is 25.7. The van der Waals surface area contributed by atoms with Gasteiger partial charge < -0.3 is 24.6 Å². The van der Waals surface area contributed by atoms with Gasteiger partial charge in [-0.1, -0.05) is 56.3 Å². The first-order chi connectivity index (χ1) is 17.9.